The third-order valence-corrected chi connectivity index (χ3v) is 5.45. The molecule has 2 aromatic heterocycles. The van der Waals surface area contributed by atoms with Gasteiger partial charge in [-0.2, -0.15) is 0 Å². The van der Waals surface area contributed by atoms with Gasteiger partial charge >= 0.3 is 5.69 Å². The number of oxazole rings is 1. The SMILES string of the molecule is O=c1[nH]c(=O)c2cc(S(=O)(=O)NCc3ncc(-c4ccccc4)o3)ccc2[nH]1. The third kappa shape index (κ3) is 3.50. The Morgan fingerprint density at radius 1 is 1.04 bits per heavy atom. The van der Waals surface area contributed by atoms with Crippen molar-refractivity contribution in [1.29, 1.82) is 0 Å². The normalized spacial score (nSPS) is 11.7. The van der Waals surface area contributed by atoms with Gasteiger partial charge in [0.1, 0.15) is 0 Å². The summed E-state index contributed by atoms with van der Waals surface area (Å²) in [5, 5.41) is 0.0602. The number of nitrogens with zero attached hydrogens (tertiary/aromatic N) is 1. The Morgan fingerprint density at radius 3 is 2.61 bits per heavy atom. The molecule has 0 radical (unpaired) electrons. The lowest BCUT2D eigenvalue weighted by molar-refractivity contribution is 0.494. The molecule has 142 valence electrons. The number of sulfonamides is 1. The van der Waals surface area contributed by atoms with Gasteiger partial charge < -0.3 is 9.40 Å². The lowest BCUT2D eigenvalue weighted by atomic mass is 10.2. The van der Waals surface area contributed by atoms with E-state index in [0.29, 0.717) is 5.76 Å². The Labute approximate surface area is 158 Å². The molecule has 4 rings (SSSR count). The van der Waals surface area contributed by atoms with E-state index in [9.17, 15) is 18.0 Å². The van der Waals surface area contributed by atoms with Crippen molar-refractivity contribution in [2.45, 2.75) is 11.4 Å². The fourth-order valence-corrected chi connectivity index (χ4v) is 3.68. The minimum atomic E-state index is -3.93. The molecule has 2 heterocycles. The minimum absolute atomic E-state index is 0.0602. The zero-order valence-electron chi connectivity index (χ0n) is 14.3. The predicted octanol–water partition coefficient (Wildman–Crippen LogP) is 1.35. The van der Waals surface area contributed by atoms with Crippen LogP contribution in [0.5, 0.6) is 0 Å². The quantitative estimate of drug-likeness (QED) is 0.464. The van der Waals surface area contributed by atoms with E-state index in [-0.39, 0.29) is 28.2 Å². The van der Waals surface area contributed by atoms with E-state index in [1.165, 1.54) is 24.4 Å². The van der Waals surface area contributed by atoms with Crippen LogP contribution in [-0.4, -0.2) is 23.4 Å². The van der Waals surface area contributed by atoms with Gasteiger partial charge in [0.25, 0.3) is 5.56 Å². The molecule has 0 saturated carbocycles. The molecule has 0 saturated heterocycles. The molecule has 0 spiro atoms. The molecule has 0 aliphatic carbocycles. The highest BCUT2D eigenvalue weighted by atomic mass is 32.2. The van der Waals surface area contributed by atoms with E-state index >= 15 is 0 Å². The summed E-state index contributed by atoms with van der Waals surface area (Å²) in [6.45, 7) is -0.158. The molecule has 0 aliphatic heterocycles. The Balaban J connectivity index is 1.57. The Morgan fingerprint density at radius 2 is 1.82 bits per heavy atom. The van der Waals surface area contributed by atoms with Crippen molar-refractivity contribution >= 4 is 20.9 Å². The van der Waals surface area contributed by atoms with Crippen molar-refractivity contribution in [3.8, 4) is 11.3 Å². The predicted molar refractivity (Wildman–Crippen MR) is 101 cm³/mol. The first-order valence-corrected chi connectivity index (χ1v) is 9.67. The number of aromatic amines is 2. The second kappa shape index (κ2) is 6.91. The maximum absolute atomic E-state index is 12.5. The van der Waals surface area contributed by atoms with Crippen molar-refractivity contribution in [2.75, 3.05) is 0 Å². The summed E-state index contributed by atoms with van der Waals surface area (Å²) in [5.74, 6) is 0.724. The molecule has 0 aliphatic rings. The molecule has 0 atom stereocenters. The monoisotopic (exact) mass is 398 g/mol. The van der Waals surface area contributed by atoms with Crippen molar-refractivity contribution in [1.82, 2.24) is 19.7 Å². The molecule has 0 amide bonds. The summed E-state index contributed by atoms with van der Waals surface area (Å²) in [5.41, 5.74) is -0.264. The van der Waals surface area contributed by atoms with Gasteiger partial charge in [0, 0.05) is 5.56 Å². The van der Waals surface area contributed by atoms with Crippen molar-refractivity contribution in [3.63, 3.8) is 0 Å². The molecule has 10 heteroatoms. The fourth-order valence-electron chi connectivity index (χ4n) is 2.68. The highest BCUT2D eigenvalue weighted by Crippen LogP contribution is 2.20. The topological polar surface area (TPSA) is 138 Å². The lowest BCUT2D eigenvalue weighted by Gasteiger charge is -2.06. The molecule has 3 N–H and O–H groups in total. The van der Waals surface area contributed by atoms with Gasteiger partial charge in [-0.3, -0.25) is 9.78 Å². The number of rotatable bonds is 5. The van der Waals surface area contributed by atoms with Crippen LogP contribution in [0.1, 0.15) is 5.89 Å². The summed E-state index contributed by atoms with van der Waals surface area (Å²) >= 11 is 0. The molecule has 9 nitrogen and oxygen atoms in total. The summed E-state index contributed by atoms with van der Waals surface area (Å²) in [6.07, 6.45) is 1.52. The number of H-pyrrole nitrogens is 2. The summed E-state index contributed by atoms with van der Waals surface area (Å²) in [6, 6.07) is 13.1. The summed E-state index contributed by atoms with van der Waals surface area (Å²) in [4.78, 5) is 31.6. The number of aromatic nitrogens is 3. The van der Waals surface area contributed by atoms with Crippen LogP contribution < -0.4 is 16.0 Å². The highest BCUT2D eigenvalue weighted by molar-refractivity contribution is 7.89. The first-order chi connectivity index (χ1) is 13.4. The maximum atomic E-state index is 12.5. The molecule has 0 bridgehead atoms. The fraction of sp³-hybridized carbons (Fsp3) is 0.0556. The van der Waals surface area contributed by atoms with Crippen molar-refractivity contribution in [3.05, 3.63) is 81.5 Å². The lowest BCUT2D eigenvalue weighted by Crippen LogP contribution is -2.25. The second-order valence-corrected chi connectivity index (χ2v) is 7.69. The van der Waals surface area contributed by atoms with E-state index < -0.39 is 21.3 Å². The maximum Gasteiger partial charge on any atom is 0.326 e. The van der Waals surface area contributed by atoms with Gasteiger partial charge in [0.05, 0.1) is 28.5 Å². The van der Waals surface area contributed by atoms with E-state index in [2.05, 4.69) is 19.7 Å². The molecule has 2 aromatic carbocycles. The van der Waals surface area contributed by atoms with Gasteiger partial charge in [-0.25, -0.2) is 22.9 Å². The molecule has 4 aromatic rings. The third-order valence-electron chi connectivity index (χ3n) is 4.05. The van der Waals surface area contributed by atoms with Gasteiger partial charge in [-0.15, -0.1) is 0 Å². The van der Waals surface area contributed by atoms with Gasteiger partial charge in [-0.1, -0.05) is 30.3 Å². The molecule has 0 fully saturated rings. The summed E-state index contributed by atoms with van der Waals surface area (Å²) < 4.78 is 33.0. The van der Waals surface area contributed by atoms with Crippen LogP contribution >= 0.6 is 0 Å². The number of fused-ring (bicyclic) bond motifs is 1. The number of hydrogen-bond acceptors (Lipinski definition) is 6. The molecular formula is C18H14N4O5S. The van der Waals surface area contributed by atoms with E-state index in [4.69, 9.17) is 4.42 Å². The zero-order chi connectivity index (χ0) is 19.7. The average Bonchev–Trinajstić information content (AvgIpc) is 3.16. The van der Waals surface area contributed by atoms with Crippen molar-refractivity contribution in [2.24, 2.45) is 0 Å². The standard InChI is InChI=1S/C18H14N4O5S/c23-17-13-8-12(6-7-14(13)21-18(24)22-17)28(25,26)20-10-16-19-9-15(27-16)11-4-2-1-3-5-11/h1-9,20H,10H2,(H2,21,22,23,24). The van der Waals surface area contributed by atoms with Gasteiger partial charge in [-0.05, 0) is 18.2 Å². The molecular weight excluding hydrogens is 384 g/mol. The van der Waals surface area contributed by atoms with Crippen LogP contribution in [0.2, 0.25) is 0 Å². The Kier molecular flexibility index (Phi) is 4.41. The second-order valence-electron chi connectivity index (χ2n) is 5.92. The van der Waals surface area contributed by atoms with Crippen LogP contribution in [-0.2, 0) is 16.6 Å². The summed E-state index contributed by atoms with van der Waals surface area (Å²) in [7, 11) is -3.93. The number of benzene rings is 2. The van der Waals surface area contributed by atoms with Crippen LogP contribution in [0.4, 0.5) is 0 Å². The molecule has 28 heavy (non-hydrogen) atoms. The Hall–Kier alpha value is -3.50. The average molecular weight is 398 g/mol. The largest absolute Gasteiger partial charge is 0.439 e. The number of hydrogen-bond donors (Lipinski definition) is 3. The first-order valence-electron chi connectivity index (χ1n) is 8.18. The first kappa shape index (κ1) is 17.9. The van der Waals surface area contributed by atoms with Gasteiger partial charge in [0.2, 0.25) is 15.9 Å². The van der Waals surface area contributed by atoms with E-state index in [1.54, 1.807) is 0 Å². The van der Waals surface area contributed by atoms with Gasteiger partial charge in [0.15, 0.2) is 5.76 Å². The van der Waals surface area contributed by atoms with Crippen LogP contribution in [0, 0.1) is 0 Å². The molecule has 0 unspecified atom stereocenters. The minimum Gasteiger partial charge on any atom is -0.439 e. The van der Waals surface area contributed by atoms with Crippen LogP contribution in [0.3, 0.4) is 0 Å². The highest BCUT2D eigenvalue weighted by Gasteiger charge is 2.17. The van der Waals surface area contributed by atoms with Crippen LogP contribution in [0.25, 0.3) is 22.2 Å². The zero-order valence-corrected chi connectivity index (χ0v) is 15.1. The smallest absolute Gasteiger partial charge is 0.326 e. The Bertz CT molecular complexity index is 1370. The van der Waals surface area contributed by atoms with Crippen LogP contribution in [0.15, 0.2) is 73.6 Å². The number of nitrogens with one attached hydrogen (secondary N) is 3. The van der Waals surface area contributed by atoms with E-state index in [1.807, 2.05) is 30.3 Å². The van der Waals surface area contributed by atoms with E-state index in [0.717, 1.165) is 5.56 Å². The van der Waals surface area contributed by atoms with Crippen molar-refractivity contribution < 1.29 is 12.8 Å².